The summed E-state index contributed by atoms with van der Waals surface area (Å²) in [5.74, 6) is -0.703. The largest absolute Gasteiger partial charge is 0.373 e. The number of hydrogen-bond acceptors (Lipinski definition) is 7. The molecule has 1 aromatic carbocycles. The monoisotopic (exact) mass is 467 g/mol. The molecule has 170 valence electrons. The molecule has 1 atom stereocenters. The molecule has 6 rings (SSSR count). The van der Waals surface area contributed by atoms with Crippen LogP contribution in [0.5, 0.6) is 0 Å². The van der Waals surface area contributed by atoms with Crippen LogP contribution in [0.1, 0.15) is 60.4 Å². The third-order valence-corrected chi connectivity index (χ3v) is 6.88. The summed E-state index contributed by atoms with van der Waals surface area (Å²) in [5.41, 5.74) is 3.49. The van der Waals surface area contributed by atoms with E-state index in [9.17, 15) is 8.78 Å². The Kier molecular flexibility index (Phi) is 6.32. The van der Waals surface area contributed by atoms with E-state index in [1.54, 1.807) is 0 Å². The SMILES string of the molecule is Cc1cc(C2CCCCO2)cnn1.Fc1ccc(-c2ncnc3nc(C4CC4)sc23)c(F)c1. The van der Waals surface area contributed by atoms with Crippen molar-refractivity contribution in [2.75, 3.05) is 6.61 Å². The van der Waals surface area contributed by atoms with Gasteiger partial charge in [0, 0.05) is 29.7 Å². The number of halogens is 2. The van der Waals surface area contributed by atoms with Gasteiger partial charge < -0.3 is 4.74 Å². The second kappa shape index (κ2) is 9.52. The van der Waals surface area contributed by atoms with Crippen LogP contribution in [0.4, 0.5) is 8.78 Å². The van der Waals surface area contributed by atoms with Gasteiger partial charge in [0.1, 0.15) is 22.7 Å². The molecule has 2 aliphatic rings. The summed E-state index contributed by atoms with van der Waals surface area (Å²) in [7, 11) is 0. The minimum atomic E-state index is -0.619. The van der Waals surface area contributed by atoms with E-state index in [-0.39, 0.29) is 11.7 Å². The fraction of sp³-hybridized carbons (Fsp3) is 0.375. The number of rotatable bonds is 3. The molecule has 1 aliphatic carbocycles. The van der Waals surface area contributed by atoms with Crippen LogP contribution in [0.15, 0.2) is 36.8 Å². The summed E-state index contributed by atoms with van der Waals surface area (Å²) in [5, 5.41) is 8.89. The lowest BCUT2D eigenvalue weighted by molar-refractivity contribution is 0.0146. The summed E-state index contributed by atoms with van der Waals surface area (Å²) in [6.45, 7) is 2.84. The third-order valence-electron chi connectivity index (χ3n) is 5.67. The second-order valence-electron chi connectivity index (χ2n) is 8.31. The van der Waals surface area contributed by atoms with Gasteiger partial charge in [0.25, 0.3) is 0 Å². The topological polar surface area (TPSA) is 73.7 Å². The summed E-state index contributed by atoms with van der Waals surface area (Å²) < 4.78 is 33.4. The molecule has 4 heterocycles. The molecule has 4 aromatic rings. The molecule has 3 aromatic heterocycles. The number of hydrogen-bond donors (Lipinski definition) is 0. The fourth-order valence-corrected chi connectivity index (χ4v) is 5.01. The van der Waals surface area contributed by atoms with Crippen LogP contribution >= 0.6 is 11.3 Å². The third kappa shape index (κ3) is 5.04. The Bertz CT molecular complexity index is 1270. The van der Waals surface area contributed by atoms with E-state index in [1.807, 2.05) is 13.1 Å². The highest BCUT2D eigenvalue weighted by molar-refractivity contribution is 7.19. The van der Waals surface area contributed by atoms with Crippen LogP contribution in [0.3, 0.4) is 0 Å². The van der Waals surface area contributed by atoms with Crippen LogP contribution in [0.2, 0.25) is 0 Å². The number of benzene rings is 1. The molecule has 2 fully saturated rings. The summed E-state index contributed by atoms with van der Waals surface area (Å²) in [6.07, 6.45) is 9.29. The van der Waals surface area contributed by atoms with Crippen molar-refractivity contribution in [3.63, 3.8) is 0 Å². The average Bonchev–Trinajstić information content (AvgIpc) is 3.58. The van der Waals surface area contributed by atoms with Gasteiger partial charge in [0.2, 0.25) is 0 Å². The van der Waals surface area contributed by atoms with Gasteiger partial charge >= 0.3 is 0 Å². The zero-order chi connectivity index (χ0) is 22.8. The van der Waals surface area contributed by atoms with Crippen LogP contribution < -0.4 is 0 Å². The van der Waals surface area contributed by atoms with Crippen molar-refractivity contribution in [3.8, 4) is 11.3 Å². The zero-order valence-corrected chi connectivity index (χ0v) is 19.0. The predicted molar refractivity (Wildman–Crippen MR) is 122 cm³/mol. The first-order valence-electron chi connectivity index (χ1n) is 11.1. The number of thiazole rings is 1. The van der Waals surface area contributed by atoms with E-state index in [0.29, 0.717) is 17.3 Å². The highest BCUT2D eigenvalue weighted by atomic mass is 32.1. The van der Waals surface area contributed by atoms with Crippen molar-refractivity contribution < 1.29 is 13.5 Å². The van der Waals surface area contributed by atoms with Crippen molar-refractivity contribution in [3.05, 3.63) is 64.7 Å². The molecule has 0 amide bonds. The van der Waals surface area contributed by atoms with Crippen molar-refractivity contribution in [2.24, 2.45) is 0 Å². The Labute approximate surface area is 194 Å². The molecule has 9 heteroatoms. The predicted octanol–water partition coefficient (Wildman–Crippen LogP) is 5.94. The van der Waals surface area contributed by atoms with Gasteiger partial charge in [-0.2, -0.15) is 10.2 Å². The molecule has 1 aliphatic heterocycles. The van der Waals surface area contributed by atoms with E-state index in [2.05, 4.69) is 31.2 Å². The number of ether oxygens (including phenoxy) is 1. The number of fused-ring (bicyclic) bond motifs is 1. The number of nitrogens with zero attached hydrogens (tertiary/aromatic N) is 5. The lowest BCUT2D eigenvalue weighted by Crippen LogP contribution is -2.12. The quantitative estimate of drug-likeness (QED) is 0.371. The molecule has 1 saturated carbocycles. The lowest BCUT2D eigenvalue weighted by atomic mass is 10.0. The Morgan fingerprint density at radius 3 is 2.67 bits per heavy atom. The van der Waals surface area contributed by atoms with E-state index in [1.165, 1.54) is 48.2 Å². The van der Waals surface area contributed by atoms with Gasteiger partial charge in [-0.25, -0.2) is 23.7 Å². The Hall–Kier alpha value is -2.91. The molecular weight excluding hydrogens is 444 g/mol. The maximum atomic E-state index is 13.9. The highest BCUT2D eigenvalue weighted by Crippen LogP contribution is 2.44. The second-order valence-corrected chi connectivity index (χ2v) is 9.34. The first-order chi connectivity index (χ1) is 16.1. The van der Waals surface area contributed by atoms with E-state index in [0.717, 1.165) is 47.3 Å². The summed E-state index contributed by atoms with van der Waals surface area (Å²) in [6, 6.07) is 5.56. The summed E-state index contributed by atoms with van der Waals surface area (Å²) >= 11 is 1.51. The molecule has 6 nitrogen and oxygen atoms in total. The first-order valence-corrected chi connectivity index (χ1v) is 11.9. The van der Waals surface area contributed by atoms with Crippen LogP contribution in [0.25, 0.3) is 21.6 Å². The van der Waals surface area contributed by atoms with Crippen LogP contribution in [0, 0.1) is 18.6 Å². The molecule has 0 radical (unpaired) electrons. The van der Waals surface area contributed by atoms with Crippen LogP contribution in [-0.4, -0.2) is 31.8 Å². The molecule has 1 saturated heterocycles. The number of aryl methyl sites for hydroxylation is 1. The molecule has 0 bridgehead atoms. The van der Waals surface area contributed by atoms with Gasteiger partial charge in [-0.15, -0.1) is 11.3 Å². The first kappa shape index (κ1) is 21.9. The fourth-order valence-electron chi connectivity index (χ4n) is 3.82. The minimum Gasteiger partial charge on any atom is -0.373 e. The Morgan fingerprint density at radius 2 is 1.94 bits per heavy atom. The van der Waals surface area contributed by atoms with Crippen molar-refractivity contribution in [1.29, 1.82) is 0 Å². The maximum absolute atomic E-state index is 13.9. The summed E-state index contributed by atoms with van der Waals surface area (Å²) in [4.78, 5) is 12.8. The molecule has 33 heavy (non-hydrogen) atoms. The van der Waals surface area contributed by atoms with Gasteiger partial charge in [0.15, 0.2) is 5.65 Å². The average molecular weight is 468 g/mol. The van der Waals surface area contributed by atoms with Crippen molar-refractivity contribution >= 4 is 21.7 Å². The van der Waals surface area contributed by atoms with Gasteiger partial charge in [-0.1, -0.05) is 0 Å². The Morgan fingerprint density at radius 1 is 1.06 bits per heavy atom. The molecule has 0 N–H and O–H groups in total. The highest BCUT2D eigenvalue weighted by Gasteiger charge is 2.28. The normalized spacial score (nSPS) is 18.1. The van der Waals surface area contributed by atoms with Gasteiger partial charge in [-0.05, 0) is 57.2 Å². The lowest BCUT2D eigenvalue weighted by Gasteiger charge is -2.22. The van der Waals surface area contributed by atoms with Crippen LogP contribution in [-0.2, 0) is 4.74 Å². The van der Waals surface area contributed by atoms with E-state index >= 15 is 0 Å². The molecule has 0 spiro atoms. The van der Waals surface area contributed by atoms with Gasteiger partial charge in [-0.3, -0.25) is 0 Å². The standard InChI is InChI=1S/C14H9F2N3S.C10H14N2O/c15-8-3-4-9(10(16)5-8)11-12-13(18-6-17-11)19-14(20-12)7-1-2-7;1-8-6-9(7-11-12-8)10-4-2-3-5-13-10/h3-7H,1-2H2;6-7,10H,2-5H2,1H3. The zero-order valence-electron chi connectivity index (χ0n) is 18.2. The Balaban J connectivity index is 0.000000152. The minimum absolute atomic E-state index is 0.253. The van der Waals surface area contributed by atoms with Crippen molar-refractivity contribution in [1.82, 2.24) is 25.1 Å². The smallest absolute Gasteiger partial charge is 0.174 e. The van der Waals surface area contributed by atoms with Gasteiger partial charge in [0.05, 0.1) is 28.7 Å². The maximum Gasteiger partial charge on any atom is 0.174 e. The molecular formula is C24H23F2N5OS. The molecule has 1 unspecified atom stereocenters. The van der Waals surface area contributed by atoms with E-state index in [4.69, 9.17) is 4.74 Å². The number of aromatic nitrogens is 5. The van der Waals surface area contributed by atoms with E-state index < -0.39 is 11.6 Å². The van der Waals surface area contributed by atoms with Crippen molar-refractivity contribution in [2.45, 2.75) is 51.0 Å².